The summed E-state index contributed by atoms with van der Waals surface area (Å²) in [6.07, 6.45) is 2.01. The molecule has 0 atom stereocenters. The van der Waals surface area contributed by atoms with Crippen molar-refractivity contribution >= 4 is 21.1 Å². The van der Waals surface area contributed by atoms with Crippen LogP contribution in [0.5, 0.6) is 0 Å². The summed E-state index contributed by atoms with van der Waals surface area (Å²) >= 11 is 2.63. The fourth-order valence-corrected chi connectivity index (χ4v) is 3.57. The summed E-state index contributed by atoms with van der Waals surface area (Å²) in [6.45, 7) is 10.7. The summed E-state index contributed by atoms with van der Waals surface area (Å²) < 4.78 is 1.19. The third-order valence-electron chi connectivity index (χ3n) is 4.76. The summed E-state index contributed by atoms with van der Waals surface area (Å²) in [5.41, 5.74) is 6.36. The molecule has 1 N–H and O–H groups in total. The number of benzene rings is 1. The van der Waals surface area contributed by atoms with Crippen molar-refractivity contribution in [2.45, 2.75) is 20.8 Å². The molecule has 0 bridgehead atoms. The Balaban J connectivity index is 1.95. The van der Waals surface area contributed by atoms with Crippen LogP contribution in [0.3, 0.4) is 0 Å². The first-order chi connectivity index (χ1) is 11.0. The van der Waals surface area contributed by atoms with Gasteiger partial charge in [0.1, 0.15) is 0 Å². The fourth-order valence-electron chi connectivity index (χ4n) is 3.26. The number of aryl methyl sites for hydroxylation is 3. The number of nitrogens with zero attached hydrogens (tertiary/aromatic N) is 3. The van der Waals surface area contributed by atoms with E-state index in [0.29, 0.717) is 0 Å². The van der Waals surface area contributed by atoms with Crippen molar-refractivity contribution in [2.75, 3.05) is 38.1 Å². The maximum absolute atomic E-state index is 4.64. The first-order valence-corrected chi connectivity index (χ1v) is 8.81. The van der Waals surface area contributed by atoms with Gasteiger partial charge in [-0.3, -0.25) is 0 Å². The van der Waals surface area contributed by atoms with Crippen LogP contribution >= 0.6 is 0 Å². The molecule has 0 spiro atoms. The molecule has 0 aliphatic carbocycles. The number of hydrogen-bond donors (Lipinski definition) is 1. The second-order valence-corrected chi connectivity index (χ2v) is 6.95. The Bertz CT molecular complexity index is 748. The third-order valence-corrected chi connectivity index (χ3v) is 5.55. The fraction of sp³-hybridized carbons (Fsp3) is 0.444. The molecule has 0 unspecified atom stereocenters. The van der Waals surface area contributed by atoms with Crippen LogP contribution in [0.25, 0.3) is 10.9 Å². The Morgan fingerprint density at radius 2 is 1.70 bits per heavy atom. The second kappa shape index (κ2) is 6.74. The van der Waals surface area contributed by atoms with Crippen LogP contribution in [0.4, 0.5) is 5.69 Å². The molecule has 0 amide bonds. The molecule has 4 nitrogen and oxygen atoms in total. The van der Waals surface area contributed by atoms with Crippen LogP contribution in [-0.4, -0.2) is 47.6 Å². The van der Waals surface area contributed by atoms with Gasteiger partial charge in [-0.2, -0.15) is 0 Å². The minimum absolute atomic E-state index is 1.04. The number of nitrogens with one attached hydrogen (secondary N) is 1. The van der Waals surface area contributed by atoms with E-state index < -0.39 is 0 Å². The molecule has 1 saturated heterocycles. The molecule has 2 aromatic rings. The second-order valence-electron chi connectivity index (χ2n) is 6.29. The SMILES string of the molecule is CN[C](=[V])N1CCN(c2c(C)cnc3cc(C)c(C)cc23)CC1. The zero-order chi connectivity index (χ0) is 16.6. The standard InChI is InChI=1S/C18H24N4.V/c1-13-9-16-17(10-14(13)2)20-11-15(3)18(16)22-7-5-21(6-8-22)12-19-4;/h9-11,19H,5-8H2,1-4H3;. The summed E-state index contributed by atoms with van der Waals surface area (Å²) in [6, 6.07) is 4.51. The maximum atomic E-state index is 4.64. The Hall–Kier alpha value is -1.20. The van der Waals surface area contributed by atoms with Gasteiger partial charge in [0.2, 0.25) is 0 Å². The van der Waals surface area contributed by atoms with E-state index in [9.17, 15) is 0 Å². The Morgan fingerprint density at radius 3 is 2.35 bits per heavy atom. The van der Waals surface area contributed by atoms with Crippen LogP contribution in [0.2, 0.25) is 0 Å². The van der Waals surface area contributed by atoms with E-state index in [0.717, 1.165) is 31.7 Å². The van der Waals surface area contributed by atoms with Crippen molar-refractivity contribution in [3.8, 4) is 0 Å². The average Bonchev–Trinajstić information content (AvgIpc) is 2.56. The van der Waals surface area contributed by atoms with E-state index in [1.165, 1.54) is 32.2 Å². The minimum atomic E-state index is 1.04. The number of pyridine rings is 1. The van der Waals surface area contributed by atoms with Gasteiger partial charge in [0.15, 0.2) is 0 Å². The molecule has 2 heterocycles. The molecule has 1 aliphatic heterocycles. The molecular formula is C18H24N4V. The number of aromatic nitrogens is 1. The number of piperazine rings is 1. The predicted molar refractivity (Wildman–Crippen MR) is 93.8 cm³/mol. The van der Waals surface area contributed by atoms with Crippen LogP contribution in [0, 0.1) is 20.8 Å². The van der Waals surface area contributed by atoms with Crippen LogP contribution in [-0.2, 0) is 17.0 Å². The van der Waals surface area contributed by atoms with Gasteiger partial charge in [-0.1, -0.05) is 0 Å². The number of anilines is 1. The summed E-state index contributed by atoms with van der Waals surface area (Å²) in [7, 11) is 1.98. The van der Waals surface area contributed by atoms with Crippen LogP contribution in [0.1, 0.15) is 16.7 Å². The van der Waals surface area contributed by atoms with Crippen molar-refractivity contribution in [3.63, 3.8) is 0 Å². The van der Waals surface area contributed by atoms with E-state index in [1.54, 1.807) is 0 Å². The summed E-state index contributed by atoms with van der Waals surface area (Å²) in [5, 5.41) is 4.51. The van der Waals surface area contributed by atoms with Gasteiger partial charge in [0.05, 0.1) is 0 Å². The zero-order valence-corrected chi connectivity index (χ0v) is 15.7. The first-order valence-electron chi connectivity index (χ1n) is 8.11. The molecule has 121 valence electrons. The van der Waals surface area contributed by atoms with E-state index in [-0.39, 0.29) is 0 Å². The number of hydrogen-bond acceptors (Lipinski definition) is 4. The van der Waals surface area contributed by atoms with E-state index in [4.69, 9.17) is 0 Å². The molecule has 1 fully saturated rings. The molecular weight excluding hydrogens is 323 g/mol. The summed E-state index contributed by atoms with van der Waals surface area (Å²) in [4.78, 5) is 9.55. The third kappa shape index (κ3) is 3.22. The topological polar surface area (TPSA) is 31.4 Å². The van der Waals surface area contributed by atoms with Crippen LogP contribution in [0.15, 0.2) is 18.3 Å². The van der Waals surface area contributed by atoms with Gasteiger partial charge >= 0.3 is 147 Å². The summed E-state index contributed by atoms with van der Waals surface area (Å²) in [5.74, 6) is 0. The van der Waals surface area contributed by atoms with Crippen molar-refractivity contribution in [3.05, 3.63) is 35.0 Å². The molecule has 3 rings (SSSR count). The molecule has 1 aromatic carbocycles. The monoisotopic (exact) mass is 347 g/mol. The molecule has 1 aromatic heterocycles. The Morgan fingerprint density at radius 1 is 1.04 bits per heavy atom. The quantitative estimate of drug-likeness (QED) is 0.922. The number of fused-ring (bicyclic) bond motifs is 1. The van der Waals surface area contributed by atoms with Crippen molar-refractivity contribution in [2.24, 2.45) is 0 Å². The average molecular weight is 347 g/mol. The van der Waals surface area contributed by atoms with E-state index in [1.807, 2.05) is 13.2 Å². The van der Waals surface area contributed by atoms with Gasteiger partial charge in [-0.05, 0) is 0 Å². The van der Waals surface area contributed by atoms with Crippen molar-refractivity contribution in [1.82, 2.24) is 15.2 Å². The van der Waals surface area contributed by atoms with Gasteiger partial charge in [0.25, 0.3) is 0 Å². The van der Waals surface area contributed by atoms with Crippen LogP contribution < -0.4 is 10.2 Å². The predicted octanol–water partition coefficient (Wildman–Crippen LogP) is 2.14. The first kappa shape index (κ1) is 16.7. The van der Waals surface area contributed by atoms with E-state index >= 15 is 0 Å². The van der Waals surface area contributed by atoms with Gasteiger partial charge in [-0.15, -0.1) is 0 Å². The Kier molecular flexibility index (Phi) is 4.88. The molecule has 0 saturated carbocycles. The molecule has 23 heavy (non-hydrogen) atoms. The van der Waals surface area contributed by atoms with Gasteiger partial charge < -0.3 is 0 Å². The van der Waals surface area contributed by atoms with Gasteiger partial charge in [0, 0.05) is 0 Å². The number of rotatable bonds is 3. The zero-order valence-electron chi connectivity index (χ0n) is 14.3. The molecule has 1 aliphatic rings. The molecule has 0 radical (unpaired) electrons. The Labute approximate surface area is 147 Å². The van der Waals surface area contributed by atoms with Gasteiger partial charge in [-0.25, -0.2) is 0 Å². The van der Waals surface area contributed by atoms with E-state index in [2.05, 4.69) is 70.0 Å². The van der Waals surface area contributed by atoms with Crippen molar-refractivity contribution < 1.29 is 17.0 Å². The van der Waals surface area contributed by atoms with Crippen molar-refractivity contribution in [1.29, 1.82) is 0 Å². The molecule has 5 heteroatoms. The normalized spacial score (nSPS) is 16.0.